The van der Waals surface area contributed by atoms with Gasteiger partial charge in [0.15, 0.2) is 5.96 Å². The van der Waals surface area contributed by atoms with Crippen molar-refractivity contribution in [3.8, 4) is 0 Å². The molecule has 1 aliphatic heterocycles. The summed E-state index contributed by atoms with van der Waals surface area (Å²) in [5.74, 6) is 1.24. The smallest absolute Gasteiger partial charge is 0.407 e. The van der Waals surface area contributed by atoms with Crippen molar-refractivity contribution in [2.24, 2.45) is 10.9 Å². The van der Waals surface area contributed by atoms with Crippen molar-refractivity contribution < 1.29 is 14.3 Å². The Labute approximate surface area is 168 Å². The van der Waals surface area contributed by atoms with Crippen LogP contribution in [0, 0.1) is 5.92 Å². The average molecular weight is 396 g/mol. The van der Waals surface area contributed by atoms with E-state index in [9.17, 15) is 9.59 Å². The molecular weight excluding hydrogens is 358 g/mol. The fourth-order valence-corrected chi connectivity index (χ4v) is 3.73. The Morgan fingerprint density at radius 2 is 1.75 bits per heavy atom. The number of likely N-dealkylation sites (tertiary alicyclic amines) is 1. The number of aliphatic imine (C=N–C) groups is 1. The number of nitrogens with zero attached hydrogens (tertiary/aromatic N) is 2. The molecule has 0 bridgehead atoms. The van der Waals surface area contributed by atoms with Gasteiger partial charge in [0.1, 0.15) is 5.60 Å². The van der Waals surface area contributed by atoms with Gasteiger partial charge >= 0.3 is 6.09 Å². The number of guanidine groups is 1. The number of hydrogen-bond donors (Lipinski definition) is 3. The summed E-state index contributed by atoms with van der Waals surface area (Å²) < 4.78 is 5.20. The van der Waals surface area contributed by atoms with E-state index < -0.39 is 11.7 Å². The fraction of sp³-hybridized carbons (Fsp3) is 0.850. The van der Waals surface area contributed by atoms with Crippen LogP contribution in [0.1, 0.15) is 59.3 Å². The van der Waals surface area contributed by atoms with Gasteiger partial charge in [-0.2, -0.15) is 0 Å². The Balaban J connectivity index is 1.66. The third-order valence-electron chi connectivity index (χ3n) is 5.10. The summed E-state index contributed by atoms with van der Waals surface area (Å²) in [4.78, 5) is 30.6. The Kier molecular flexibility index (Phi) is 8.38. The maximum Gasteiger partial charge on any atom is 0.407 e. The largest absolute Gasteiger partial charge is 0.444 e. The zero-order valence-electron chi connectivity index (χ0n) is 17.8. The third kappa shape index (κ3) is 7.56. The van der Waals surface area contributed by atoms with Gasteiger partial charge in [-0.05, 0) is 40.0 Å². The van der Waals surface area contributed by atoms with Gasteiger partial charge in [-0.15, -0.1) is 0 Å². The molecule has 8 nitrogen and oxygen atoms in total. The first-order valence-electron chi connectivity index (χ1n) is 10.5. The topological polar surface area (TPSA) is 95.1 Å². The van der Waals surface area contributed by atoms with E-state index in [2.05, 4.69) is 20.9 Å². The molecule has 2 aliphatic rings. The van der Waals surface area contributed by atoms with Crippen LogP contribution < -0.4 is 16.0 Å². The highest BCUT2D eigenvalue weighted by Crippen LogP contribution is 2.26. The van der Waals surface area contributed by atoms with E-state index in [0.29, 0.717) is 25.0 Å². The van der Waals surface area contributed by atoms with Gasteiger partial charge in [-0.1, -0.05) is 19.3 Å². The number of nitrogens with one attached hydrogen (secondary N) is 3. The number of ether oxygens (including phenoxy) is 1. The molecule has 1 heterocycles. The lowest BCUT2D eigenvalue weighted by Crippen LogP contribution is -2.47. The van der Waals surface area contributed by atoms with E-state index >= 15 is 0 Å². The maximum atomic E-state index is 12.7. The van der Waals surface area contributed by atoms with Crippen molar-refractivity contribution in [1.82, 2.24) is 20.9 Å². The summed E-state index contributed by atoms with van der Waals surface area (Å²) in [7, 11) is 1.72. The molecule has 0 aromatic rings. The molecule has 2 rings (SSSR count). The molecule has 1 saturated heterocycles. The van der Waals surface area contributed by atoms with Crippen molar-refractivity contribution in [2.45, 2.75) is 70.9 Å². The van der Waals surface area contributed by atoms with Crippen molar-refractivity contribution in [3.63, 3.8) is 0 Å². The lowest BCUT2D eigenvalue weighted by Gasteiger charge is -2.26. The van der Waals surface area contributed by atoms with Crippen molar-refractivity contribution in [1.29, 1.82) is 0 Å². The Bertz CT molecular complexity index is 553. The summed E-state index contributed by atoms with van der Waals surface area (Å²) in [6, 6.07) is 0.206. The molecule has 8 heteroatoms. The summed E-state index contributed by atoms with van der Waals surface area (Å²) in [5, 5.41) is 9.28. The van der Waals surface area contributed by atoms with Crippen molar-refractivity contribution >= 4 is 18.0 Å². The van der Waals surface area contributed by atoms with Crippen LogP contribution in [0.25, 0.3) is 0 Å². The van der Waals surface area contributed by atoms with E-state index in [-0.39, 0.29) is 12.0 Å². The normalized spacial score (nSPS) is 21.4. The number of carbonyl (C=O) groups excluding carboxylic acids is 2. The highest BCUT2D eigenvalue weighted by Gasteiger charge is 2.31. The summed E-state index contributed by atoms with van der Waals surface area (Å²) in [6.07, 6.45) is 6.21. The summed E-state index contributed by atoms with van der Waals surface area (Å²) >= 11 is 0. The Morgan fingerprint density at radius 3 is 2.39 bits per heavy atom. The predicted molar refractivity (Wildman–Crippen MR) is 110 cm³/mol. The number of hydrogen-bond acceptors (Lipinski definition) is 4. The van der Waals surface area contributed by atoms with E-state index in [1.807, 2.05) is 25.7 Å². The van der Waals surface area contributed by atoms with Gasteiger partial charge in [-0.3, -0.25) is 9.79 Å². The second-order valence-electron chi connectivity index (χ2n) is 8.68. The number of rotatable bonds is 5. The molecule has 0 radical (unpaired) electrons. The summed E-state index contributed by atoms with van der Waals surface area (Å²) in [6.45, 7) is 8.01. The Morgan fingerprint density at radius 1 is 1.07 bits per heavy atom. The highest BCUT2D eigenvalue weighted by molar-refractivity contribution is 5.81. The van der Waals surface area contributed by atoms with E-state index in [1.54, 1.807) is 7.05 Å². The van der Waals surface area contributed by atoms with Crippen molar-refractivity contribution in [2.75, 3.05) is 33.2 Å². The molecule has 0 aromatic heterocycles. The molecule has 0 spiro atoms. The lowest BCUT2D eigenvalue weighted by molar-refractivity contribution is -0.135. The van der Waals surface area contributed by atoms with Crippen LogP contribution >= 0.6 is 0 Å². The number of carbonyl (C=O) groups is 2. The molecule has 3 N–H and O–H groups in total. The average Bonchev–Trinajstić information content (AvgIpc) is 3.11. The van der Waals surface area contributed by atoms with Crippen LogP contribution in [0.2, 0.25) is 0 Å². The first-order valence-corrected chi connectivity index (χ1v) is 10.5. The molecule has 0 aromatic carbocycles. The SMILES string of the molecule is CN=C(NCCNC(=O)OC(C)(C)C)NC1CCN(C(=O)C2CCCCC2)C1. The Hall–Kier alpha value is -1.99. The van der Waals surface area contributed by atoms with Crippen LogP contribution in [0.4, 0.5) is 4.79 Å². The van der Waals surface area contributed by atoms with E-state index in [4.69, 9.17) is 4.74 Å². The molecule has 1 atom stereocenters. The first kappa shape index (κ1) is 22.3. The van der Waals surface area contributed by atoms with Crippen LogP contribution in [-0.4, -0.2) is 67.7 Å². The van der Waals surface area contributed by atoms with Gasteiger partial charge in [0, 0.05) is 45.2 Å². The number of amides is 2. The molecule has 160 valence electrons. The highest BCUT2D eigenvalue weighted by atomic mass is 16.6. The maximum absolute atomic E-state index is 12.7. The monoisotopic (exact) mass is 395 g/mol. The van der Waals surface area contributed by atoms with Gasteiger partial charge in [0.2, 0.25) is 5.91 Å². The molecular formula is C20H37N5O3. The van der Waals surface area contributed by atoms with E-state index in [1.165, 1.54) is 19.3 Å². The molecule has 28 heavy (non-hydrogen) atoms. The predicted octanol–water partition coefficient (Wildman–Crippen LogP) is 1.86. The lowest BCUT2D eigenvalue weighted by atomic mass is 9.88. The molecule has 1 unspecified atom stereocenters. The fourth-order valence-electron chi connectivity index (χ4n) is 3.73. The minimum absolute atomic E-state index is 0.206. The minimum Gasteiger partial charge on any atom is -0.444 e. The summed E-state index contributed by atoms with van der Waals surface area (Å²) in [5.41, 5.74) is -0.501. The first-order chi connectivity index (χ1) is 13.3. The van der Waals surface area contributed by atoms with E-state index in [0.717, 1.165) is 32.4 Å². The number of alkyl carbamates (subject to hydrolysis) is 1. The second kappa shape index (κ2) is 10.5. The second-order valence-corrected chi connectivity index (χ2v) is 8.68. The molecule has 1 saturated carbocycles. The van der Waals surface area contributed by atoms with Gasteiger partial charge < -0.3 is 25.6 Å². The zero-order chi connectivity index (χ0) is 20.6. The minimum atomic E-state index is -0.501. The third-order valence-corrected chi connectivity index (χ3v) is 5.10. The molecule has 1 aliphatic carbocycles. The van der Waals surface area contributed by atoms with Gasteiger partial charge in [0.05, 0.1) is 0 Å². The zero-order valence-corrected chi connectivity index (χ0v) is 17.8. The standard InChI is InChI=1S/C20H37N5O3/c1-20(2,3)28-19(27)23-12-11-22-18(21-4)24-16-10-13-25(14-16)17(26)15-8-6-5-7-9-15/h15-16H,5-14H2,1-4H3,(H,23,27)(H2,21,22,24). The van der Waals surface area contributed by atoms with Crippen molar-refractivity contribution in [3.05, 3.63) is 0 Å². The quantitative estimate of drug-likeness (QED) is 0.375. The molecule has 2 amide bonds. The van der Waals surface area contributed by atoms with Crippen LogP contribution in [0.15, 0.2) is 4.99 Å². The van der Waals surface area contributed by atoms with Gasteiger partial charge in [-0.25, -0.2) is 4.79 Å². The van der Waals surface area contributed by atoms with Crippen LogP contribution in [0.5, 0.6) is 0 Å². The van der Waals surface area contributed by atoms with Crippen LogP contribution in [0.3, 0.4) is 0 Å². The molecule has 2 fully saturated rings. The van der Waals surface area contributed by atoms with Crippen LogP contribution in [-0.2, 0) is 9.53 Å². The van der Waals surface area contributed by atoms with Gasteiger partial charge in [0.25, 0.3) is 0 Å².